The van der Waals surface area contributed by atoms with E-state index >= 15 is 0 Å². The number of fused-ring (bicyclic) bond motifs is 1. The highest BCUT2D eigenvalue weighted by atomic mass is 19.1. The molecule has 0 spiro atoms. The van der Waals surface area contributed by atoms with Gasteiger partial charge in [-0.1, -0.05) is 24.3 Å². The number of nitrogen functional groups attached to an aromatic ring is 1. The molecule has 9 heteroatoms. The molecule has 1 aromatic heterocycles. The van der Waals surface area contributed by atoms with Crippen molar-refractivity contribution in [2.24, 2.45) is 5.73 Å². The quantitative estimate of drug-likeness (QED) is 0.338. The van der Waals surface area contributed by atoms with E-state index in [1.165, 1.54) is 12.1 Å². The van der Waals surface area contributed by atoms with Crippen molar-refractivity contribution in [3.05, 3.63) is 89.0 Å². The van der Waals surface area contributed by atoms with E-state index in [1.807, 2.05) is 0 Å². The predicted molar refractivity (Wildman–Crippen MR) is 111 cm³/mol. The SMILES string of the molecule is Cc1cc(C(=O)Nc2cc(F)c(C(=N)N)cc2F)n(-c2cc3ccccc3cc2F)n1. The van der Waals surface area contributed by atoms with E-state index in [0.29, 0.717) is 11.1 Å². The van der Waals surface area contributed by atoms with Crippen molar-refractivity contribution in [1.82, 2.24) is 9.78 Å². The van der Waals surface area contributed by atoms with Gasteiger partial charge in [-0.05, 0) is 42.0 Å². The minimum Gasteiger partial charge on any atom is -0.384 e. The Morgan fingerprint density at radius 2 is 1.68 bits per heavy atom. The van der Waals surface area contributed by atoms with Crippen LogP contribution >= 0.6 is 0 Å². The topological polar surface area (TPSA) is 96.8 Å². The Morgan fingerprint density at radius 3 is 2.35 bits per heavy atom. The standard InChI is InChI=1S/C22H16F3N5O/c1-11-6-20(22(31)28-18-10-15(23)14(21(26)27)9-16(18)24)30(29-11)19-8-13-5-3-2-4-12(13)7-17(19)25/h2-10H,1H3,(H3,26,27)(H,28,31). The smallest absolute Gasteiger partial charge is 0.274 e. The maximum absolute atomic E-state index is 14.8. The van der Waals surface area contributed by atoms with Gasteiger partial charge in [0.05, 0.1) is 16.9 Å². The lowest BCUT2D eigenvalue weighted by atomic mass is 10.1. The normalized spacial score (nSPS) is 11.0. The Morgan fingerprint density at radius 1 is 1.00 bits per heavy atom. The number of hydrogen-bond acceptors (Lipinski definition) is 3. The molecule has 4 N–H and O–H groups in total. The van der Waals surface area contributed by atoms with E-state index in [2.05, 4.69) is 10.4 Å². The highest BCUT2D eigenvalue weighted by molar-refractivity contribution is 6.04. The second kappa shape index (κ2) is 7.60. The molecular formula is C22H16F3N5O. The molecule has 0 aliphatic heterocycles. The van der Waals surface area contributed by atoms with Crippen molar-refractivity contribution in [3.63, 3.8) is 0 Å². The van der Waals surface area contributed by atoms with E-state index in [-0.39, 0.29) is 11.4 Å². The molecule has 156 valence electrons. The van der Waals surface area contributed by atoms with Gasteiger partial charge in [-0.15, -0.1) is 0 Å². The van der Waals surface area contributed by atoms with Gasteiger partial charge >= 0.3 is 0 Å². The highest BCUT2D eigenvalue weighted by Gasteiger charge is 2.21. The van der Waals surface area contributed by atoms with Crippen LogP contribution in [0.3, 0.4) is 0 Å². The molecule has 0 aliphatic rings. The van der Waals surface area contributed by atoms with Gasteiger partial charge in [0.2, 0.25) is 0 Å². The lowest BCUT2D eigenvalue weighted by molar-refractivity contribution is 0.101. The lowest BCUT2D eigenvalue weighted by Crippen LogP contribution is -2.19. The first-order valence-corrected chi connectivity index (χ1v) is 9.14. The molecule has 0 atom stereocenters. The van der Waals surface area contributed by atoms with E-state index in [9.17, 15) is 18.0 Å². The van der Waals surface area contributed by atoms with Crippen LogP contribution in [-0.4, -0.2) is 21.5 Å². The molecule has 0 unspecified atom stereocenters. The number of carbonyl (C=O) groups is 1. The molecule has 4 aromatic rings. The number of hydrogen-bond donors (Lipinski definition) is 3. The van der Waals surface area contributed by atoms with Gasteiger partial charge in [-0.25, -0.2) is 17.9 Å². The molecule has 0 fully saturated rings. The molecular weight excluding hydrogens is 407 g/mol. The summed E-state index contributed by atoms with van der Waals surface area (Å²) in [7, 11) is 0. The third-order valence-corrected chi connectivity index (χ3v) is 4.70. The van der Waals surface area contributed by atoms with Crippen LogP contribution in [0.15, 0.2) is 54.6 Å². The predicted octanol–water partition coefficient (Wildman–Crippen LogP) is 4.29. The minimum atomic E-state index is -0.973. The van der Waals surface area contributed by atoms with Gasteiger partial charge in [-0.3, -0.25) is 10.2 Å². The number of nitrogens with one attached hydrogen (secondary N) is 2. The van der Waals surface area contributed by atoms with Gasteiger partial charge in [-0.2, -0.15) is 5.10 Å². The Hall–Kier alpha value is -4.14. The molecule has 0 radical (unpaired) electrons. The third kappa shape index (κ3) is 3.73. The molecule has 1 heterocycles. The number of rotatable bonds is 4. The summed E-state index contributed by atoms with van der Waals surface area (Å²) < 4.78 is 44.3. The monoisotopic (exact) mass is 423 g/mol. The first-order chi connectivity index (χ1) is 14.7. The highest BCUT2D eigenvalue weighted by Crippen LogP contribution is 2.25. The van der Waals surface area contributed by atoms with Gasteiger partial charge < -0.3 is 11.1 Å². The Bertz CT molecular complexity index is 1360. The number of nitrogens with two attached hydrogens (primary N) is 1. The van der Waals surface area contributed by atoms with Crippen molar-refractivity contribution in [1.29, 1.82) is 5.41 Å². The summed E-state index contributed by atoms with van der Waals surface area (Å²) in [6, 6.07) is 12.9. The van der Waals surface area contributed by atoms with Crippen molar-refractivity contribution < 1.29 is 18.0 Å². The Kier molecular flexibility index (Phi) is 4.94. The average molecular weight is 423 g/mol. The summed E-state index contributed by atoms with van der Waals surface area (Å²) in [5, 5.41) is 15.1. The fraction of sp³-hybridized carbons (Fsp3) is 0.0455. The van der Waals surface area contributed by atoms with E-state index in [4.69, 9.17) is 11.1 Å². The van der Waals surface area contributed by atoms with E-state index in [0.717, 1.165) is 22.2 Å². The fourth-order valence-corrected chi connectivity index (χ4v) is 3.24. The van der Waals surface area contributed by atoms with Crippen LogP contribution in [0.5, 0.6) is 0 Å². The maximum atomic E-state index is 14.8. The summed E-state index contributed by atoms with van der Waals surface area (Å²) in [6.07, 6.45) is 0. The number of anilines is 1. The molecule has 6 nitrogen and oxygen atoms in total. The van der Waals surface area contributed by atoms with Crippen molar-refractivity contribution >= 4 is 28.2 Å². The van der Waals surface area contributed by atoms with Gasteiger partial charge in [0, 0.05) is 6.07 Å². The van der Waals surface area contributed by atoms with Gasteiger partial charge in [0.25, 0.3) is 5.91 Å². The first kappa shape index (κ1) is 20.1. The van der Waals surface area contributed by atoms with Crippen molar-refractivity contribution in [2.45, 2.75) is 6.92 Å². The van der Waals surface area contributed by atoms with Gasteiger partial charge in [0.15, 0.2) is 0 Å². The van der Waals surface area contributed by atoms with Crippen LogP contribution in [0.2, 0.25) is 0 Å². The second-order valence-electron chi connectivity index (χ2n) is 6.91. The zero-order chi connectivity index (χ0) is 22.3. The summed E-state index contributed by atoms with van der Waals surface area (Å²) in [5.41, 5.74) is 4.74. The van der Waals surface area contributed by atoms with Crippen LogP contribution in [0.4, 0.5) is 18.9 Å². The number of aryl methyl sites for hydroxylation is 1. The lowest BCUT2D eigenvalue weighted by Gasteiger charge is -2.12. The second-order valence-corrected chi connectivity index (χ2v) is 6.91. The Labute approximate surface area is 174 Å². The molecule has 31 heavy (non-hydrogen) atoms. The van der Waals surface area contributed by atoms with Crippen LogP contribution in [0.25, 0.3) is 16.5 Å². The van der Waals surface area contributed by atoms with Crippen LogP contribution < -0.4 is 11.1 Å². The number of amides is 1. The number of amidine groups is 1. The van der Waals surface area contributed by atoms with E-state index in [1.54, 1.807) is 37.3 Å². The van der Waals surface area contributed by atoms with Crippen LogP contribution in [0, 0.1) is 29.8 Å². The zero-order valence-electron chi connectivity index (χ0n) is 16.2. The molecule has 4 rings (SSSR count). The first-order valence-electron chi connectivity index (χ1n) is 9.14. The summed E-state index contributed by atoms with van der Waals surface area (Å²) >= 11 is 0. The molecule has 0 saturated heterocycles. The minimum absolute atomic E-state index is 0.0375. The number of aromatic nitrogens is 2. The maximum Gasteiger partial charge on any atom is 0.274 e. The number of carbonyl (C=O) groups excluding carboxylic acids is 1. The number of halogens is 3. The summed E-state index contributed by atoms with van der Waals surface area (Å²) in [4.78, 5) is 12.8. The fourth-order valence-electron chi connectivity index (χ4n) is 3.24. The number of benzene rings is 3. The molecule has 3 aromatic carbocycles. The molecule has 0 bridgehead atoms. The third-order valence-electron chi connectivity index (χ3n) is 4.70. The molecule has 0 saturated carbocycles. The van der Waals surface area contributed by atoms with Crippen molar-refractivity contribution in [3.8, 4) is 5.69 Å². The Balaban J connectivity index is 1.75. The zero-order valence-corrected chi connectivity index (χ0v) is 16.2. The molecule has 0 aliphatic carbocycles. The van der Waals surface area contributed by atoms with Crippen molar-refractivity contribution in [2.75, 3.05) is 5.32 Å². The van der Waals surface area contributed by atoms with Gasteiger partial charge in [0.1, 0.15) is 34.7 Å². The van der Waals surface area contributed by atoms with Crippen LogP contribution in [0.1, 0.15) is 21.7 Å². The molecule has 1 amide bonds. The number of nitrogens with zero attached hydrogens (tertiary/aromatic N) is 2. The van der Waals surface area contributed by atoms with Crippen LogP contribution in [-0.2, 0) is 0 Å². The average Bonchev–Trinajstić information content (AvgIpc) is 3.11. The largest absolute Gasteiger partial charge is 0.384 e. The summed E-state index contributed by atoms with van der Waals surface area (Å²) in [5.74, 6) is -4.00. The van der Waals surface area contributed by atoms with E-state index < -0.39 is 40.4 Å². The summed E-state index contributed by atoms with van der Waals surface area (Å²) in [6.45, 7) is 1.62.